The lowest BCUT2D eigenvalue weighted by Crippen LogP contribution is -2.12. The average Bonchev–Trinajstić information content (AvgIpc) is 2.83. The topological polar surface area (TPSA) is 47.3 Å². The molecule has 1 unspecified atom stereocenters. The number of nitrogens with one attached hydrogen (secondary N) is 1. The first-order valence-corrected chi connectivity index (χ1v) is 6.53. The van der Waals surface area contributed by atoms with Crippen molar-refractivity contribution in [3.63, 3.8) is 0 Å². The molecule has 3 rings (SSSR count). The zero-order valence-electron chi connectivity index (χ0n) is 10.3. The number of benzene rings is 2. The number of ether oxygens (including phenoxy) is 1. The van der Waals surface area contributed by atoms with Gasteiger partial charge in [-0.25, -0.2) is 0 Å². The molecule has 0 spiro atoms. The Morgan fingerprint density at radius 3 is 2.63 bits per heavy atom. The van der Waals surface area contributed by atoms with Crippen LogP contribution in [0.4, 0.5) is 5.69 Å². The second kappa shape index (κ2) is 4.90. The highest BCUT2D eigenvalue weighted by atomic mass is 32.1. The minimum absolute atomic E-state index is 0.187. The molecule has 96 valence electrons. The fourth-order valence-corrected chi connectivity index (χ4v) is 2.35. The molecule has 0 fully saturated rings. The van der Waals surface area contributed by atoms with Gasteiger partial charge < -0.3 is 15.8 Å². The van der Waals surface area contributed by atoms with E-state index in [1.165, 1.54) is 5.56 Å². The highest BCUT2D eigenvalue weighted by Crippen LogP contribution is 2.33. The van der Waals surface area contributed by atoms with E-state index in [4.69, 9.17) is 22.7 Å². The smallest absolute Gasteiger partial charge is 0.124 e. The minimum Gasteiger partial charge on any atom is -0.491 e. The lowest BCUT2D eigenvalue weighted by molar-refractivity contribution is 0.340. The normalized spacial score (nSPS) is 16.5. The van der Waals surface area contributed by atoms with Crippen molar-refractivity contribution < 1.29 is 4.74 Å². The van der Waals surface area contributed by atoms with Crippen LogP contribution in [0.1, 0.15) is 17.2 Å². The van der Waals surface area contributed by atoms with Crippen LogP contribution in [0.5, 0.6) is 5.75 Å². The van der Waals surface area contributed by atoms with Crippen molar-refractivity contribution in [2.75, 3.05) is 11.9 Å². The van der Waals surface area contributed by atoms with Crippen LogP contribution in [0.25, 0.3) is 0 Å². The first-order chi connectivity index (χ1) is 9.24. The number of thiocarbonyl (C=S) groups is 1. The summed E-state index contributed by atoms with van der Waals surface area (Å²) in [6.45, 7) is 0.649. The number of hydrogen-bond donors (Lipinski definition) is 2. The van der Waals surface area contributed by atoms with Gasteiger partial charge in [0.05, 0.1) is 6.04 Å². The summed E-state index contributed by atoms with van der Waals surface area (Å²) < 4.78 is 5.64. The van der Waals surface area contributed by atoms with Gasteiger partial charge in [0, 0.05) is 16.8 Å². The van der Waals surface area contributed by atoms with E-state index in [0.717, 1.165) is 17.0 Å². The Labute approximate surface area is 117 Å². The quantitative estimate of drug-likeness (QED) is 0.842. The Kier molecular flexibility index (Phi) is 3.09. The van der Waals surface area contributed by atoms with Crippen LogP contribution in [0.2, 0.25) is 0 Å². The molecule has 0 bridgehead atoms. The van der Waals surface area contributed by atoms with Crippen LogP contribution >= 0.6 is 12.2 Å². The molecule has 0 saturated heterocycles. The number of nitrogens with two attached hydrogens (primary N) is 1. The first-order valence-electron chi connectivity index (χ1n) is 6.12. The molecule has 0 radical (unpaired) electrons. The molecule has 0 aromatic heterocycles. The minimum atomic E-state index is 0.187. The molecule has 1 heterocycles. The summed E-state index contributed by atoms with van der Waals surface area (Å²) in [5, 5.41) is 3.45. The van der Waals surface area contributed by atoms with Gasteiger partial charge in [-0.05, 0) is 30.3 Å². The van der Waals surface area contributed by atoms with E-state index in [1.54, 1.807) is 0 Å². The molecule has 2 aromatic rings. The second-order valence-corrected chi connectivity index (χ2v) is 4.93. The van der Waals surface area contributed by atoms with Gasteiger partial charge in [-0.3, -0.25) is 0 Å². The van der Waals surface area contributed by atoms with Crippen LogP contribution < -0.4 is 15.8 Å². The van der Waals surface area contributed by atoms with Crippen LogP contribution in [-0.4, -0.2) is 11.6 Å². The number of anilines is 1. The van der Waals surface area contributed by atoms with E-state index in [0.29, 0.717) is 11.6 Å². The molecular weight excluding hydrogens is 256 g/mol. The molecular formula is C15H14N2OS. The van der Waals surface area contributed by atoms with E-state index in [-0.39, 0.29) is 6.04 Å². The summed E-state index contributed by atoms with van der Waals surface area (Å²) >= 11 is 4.94. The molecule has 1 aliphatic rings. The van der Waals surface area contributed by atoms with Gasteiger partial charge in [0.1, 0.15) is 17.3 Å². The maximum atomic E-state index is 5.64. The van der Waals surface area contributed by atoms with Crippen molar-refractivity contribution in [3.8, 4) is 5.75 Å². The molecule has 19 heavy (non-hydrogen) atoms. The highest BCUT2D eigenvalue weighted by Gasteiger charge is 2.23. The molecule has 1 atom stereocenters. The van der Waals surface area contributed by atoms with E-state index in [9.17, 15) is 0 Å². The molecule has 0 aliphatic carbocycles. The zero-order valence-corrected chi connectivity index (χ0v) is 11.1. The summed E-state index contributed by atoms with van der Waals surface area (Å²) in [4.78, 5) is 0.418. The summed E-state index contributed by atoms with van der Waals surface area (Å²) in [5.74, 6) is 0.958. The molecule has 0 amide bonds. The third kappa shape index (κ3) is 2.39. The van der Waals surface area contributed by atoms with E-state index in [2.05, 4.69) is 11.4 Å². The van der Waals surface area contributed by atoms with Crippen molar-refractivity contribution in [1.82, 2.24) is 0 Å². The monoisotopic (exact) mass is 270 g/mol. The van der Waals surface area contributed by atoms with Gasteiger partial charge in [0.25, 0.3) is 0 Å². The maximum absolute atomic E-state index is 5.64. The third-order valence-electron chi connectivity index (χ3n) is 3.21. The van der Waals surface area contributed by atoms with Crippen molar-refractivity contribution in [1.29, 1.82) is 0 Å². The zero-order chi connectivity index (χ0) is 13.2. The Bertz CT molecular complexity index is 610. The SMILES string of the molecule is NC(=S)c1ccc(NC2COc3ccccc32)cc1. The lowest BCUT2D eigenvalue weighted by Gasteiger charge is -2.13. The molecule has 3 nitrogen and oxygen atoms in total. The number of para-hydroxylation sites is 1. The number of rotatable bonds is 3. The fraction of sp³-hybridized carbons (Fsp3) is 0.133. The van der Waals surface area contributed by atoms with Crippen molar-refractivity contribution >= 4 is 22.9 Å². The summed E-state index contributed by atoms with van der Waals surface area (Å²) in [7, 11) is 0. The van der Waals surface area contributed by atoms with Gasteiger partial charge in [-0.1, -0.05) is 30.4 Å². The van der Waals surface area contributed by atoms with Gasteiger partial charge in [0.15, 0.2) is 0 Å². The Hall–Kier alpha value is -2.07. The predicted molar refractivity (Wildman–Crippen MR) is 80.6 cm³/mol. The van der Waals surface area contributed by atoms with E-state index >= 15 is 0 Å². The Balaban J connectivity index is 1.78. The van der Waals surface area contributed by atoms with Gasteiger partial charge in [-0.2, -0.15) is 0 Å². The predicted octanol–water partition coefficient (Wildman–Crippen LogP) is 2.87. The van der Waals surface area contributed by atoms with Crippen LogP contribution in [0.3, 0.4) is 0 Å². The summed E-state index contributed by atoms with van der Waals surface area (Å²) in [6.07, 6.45) is 0. The standard InChI is InChI=1S/C15H14N2OS/c16-15(19)10-5-7-11(8-6-10)17-13-9-18-14-4-2-1-3-12(13)14/h1-8,13,17H,9H2,(H2,16,19). The van der Waals surface area contributed by atoms with Crippen LogP contribution in [0, 0.1) is 0 Å². The van der Waals surface area contributed by atoms with E-state index < -0.39 is 0 Å². The summed E-state index contributed by atoms with van der Waals surface area (Å²) in [5.41, 5.74) is 8.69. The lowest BCUT2D eigenvalue weighted by atomic mass is 10.1. The molecule has 3 N–H and O–H groups in total. The molecule has 0 saturated carbocycles. The second-order valence-electron chi connectivity index (χ2n) is 4.49. The Morgan fingerprint density at radius 1 is 1.16 bits per heavy atom. The third-order valence-corrected chi connectivity index (χ3v) is 3.45. The first kappa shape index (κ1) is 12.0. The number of fused-ring (bicyclic) bond motifs is 1. The van der Waals surface area contributed by atoms with Gasteiger partial charge >= 0.3 is 0 Å². The summed E-state index contributed by atoms with van der Waals surface area (Å²) in [6, 6.07) is 16.1. The van der Waals surface area contributed by atoms with Crippen LogP contribution in [0.15, 0.2) is 48.5 Å². The van der Waals surface area contributed by atoms with Crippen molar-refractivity contribution in [3.05, 3.63) is 59.7 Å². The highest BCUT2D eigenvalue weighted by molar-refractivity contribution is 7.80. The molecule has 4 heteroatoms. The maximum Gasteiger partial charge on any atom is 0.124 e. The van der Waals surface area contributed by atoms with Crippen LogP contribution in [-0.2, 0) is 0 Å². The van der Waals surface area contributed by atoms with Gasteiger partial charge in [0.2, 0.25) is 0 Å². The number of hydrogen-bond acceptors (Lipinski definition) is 3. The Morgan fingerprint density at radius 2 is 1.89 bits per heavy atom. The molecule has 2 aromatic carbocycles. The van der Waals surface area contributed by atoms with Crippen molar-refractivity contribution in [2.45, 2.75) is 6.04 Å². The largest absolute Gasteiger partial charge is 0.491 e. The fourth-order valence-electron chi connectivity index (χ4n) is 2.21. The molecule has 1 aliphatic heterocycles. The van der Waals surface area contributed by atoms with Gasteiger partial charge in [-0.15, -0.1) is 0 Å². The van der Waals surface area contributed by atoms with Crippen molar-refractivity contribution in [2.24, 2.45) is 5.73 Å². The van der Waals surface area contributed by atoms with E-state index in [1.807, 2.05) is 42.5 Å². The average molecular weight is 270 g/mol.